The first-order valence-electron chi connectivity index (χ1n) is 8.07. The Morgan fingerprint density at radius 1 is 1.00 bits per heavy atom. The normalized spacial score (nSPS) is 10.7. The maximum Gasteiger partial charge on any atom is 0.248 e. The molecule has 0 heterocycles. The standard InChI is InChI=1S/C22H19NO2/c1-2-16-25-20-13-11-19(12-14-20)23-22(24)15-10-18-8-5-7-17-6-3-4-9-21(17)18/h2-15H,1,16H2,(H,23,24)/b15-10+. The van der Waals surface area contributed by atoms with Crippen molar-refractivity contribution >= 4 is 28.4 Å². The van der Waals surface area contributed by atoms with Gasteiger partial charge in [0.25, 0.3) is 0 Å². The summed E-state index contributed by atoms with van der Waals surface area (Å²) in [5.41, 5.74) is 1.74. The Kier molecular flexibility index (Phi) is 5.27. The van der Waals surface area contributed by atoms with Crippen molar-refractivity contribution in [2.45, 2.75) is 0 Å². The summed E-state index contributed by atoms with van der Waals surface area (Å²) in [7, 11) is 0. The minimum absolute atomic E-state index is 0.173. The number of anilines is 1. The minimum atomic E-state index is -0.173. The van der Waals surface area contributed by atoms with Gasteiger partial charge in [-0.05, 0) is 46.7 Å². The lowest BCUT2D eigenvalue weighted by Gasteiger charge is -2.06. The number of benzene rings is 3. The van der Waals surface area contributed by atoms with Crippen LogP contribution in [0.2, 0.25) is 0 Å². The zero-order valence-corrected chi connectivity index (χ0v) is 13.8. The highest BCUT2D eigenvalue weighted by Crippen LogP contribution is 2.20. The molecule has 3 rings (SSSR count). The van der Waals surface area contributed by atoms with E-state index < -0.39 is 0 Å². The van der Waals surface area contributed by atoms with Crippen molar-refractivity contribution in [2.75, 3.05) is 11.9 Å². The van der Waals surface area contributed by atoms with Crippen LogP contribution in [0.15, 0.2) is 85.5 Å². The Morgan fingerprint density at radius 2 is 1.76 bits per heavy atom. The summed E-state index contributed by atoms with van der Waals surface area (Å²) in [5.74, 6) is 0.567. The number of carbonyl (C=O) groups excluding carboxylic acids is 1. The molecule has 0 saturated heterocycles. The molecular formula is C22H19NO2. The molecule has 1 amide bonds. The molecule has 0 aliphatic carbocycles. The number of carbonyl (C=O) groups is 1. The molecule has 0 bridgehead atoms. The van der Waals surface area contributed by atoms with Gasteiger partial charge in [-0.25, -0.2) is 0 Å². The fraction of sp³-hybridized carbons (Fsp3) is 0.0455. The first kappa shape index (κ1) is 16.5. The zero-order chi connectivity index (χ0) is 17.5. The van der Waals surface area contributed by atoms with Crippen molar-refractivity contribution in [1.82, 2.24) is 0 Å². The highest BCUT2D eigenvalue weighted by Gasteiger charge is 2.01. The van der Waals surface area contributed by atoms with Gasteiger partial charge in [-0.1, -0.05) is 55.1 Å². The molecule has 3 aromatic carbocycles. The first-order valence-corrected chi connectivity index (χ1v) is 8.07. The van der Waals surface area contributed by atoms with Crippen LogP contribution in [0.25, 0.3) is 16.8 Å². The Morgan fingerprint density at radius 3 is 2.56 bits per heavy atom. The molecule has 0 saturated carbocycles. The summed E-state index contributed by atoms with van der Waals surface area (Å²) in [6.07, 6.45) is 5.07. The van der Waals surface area contributed by atoms with E-state index in [1.165, 1.54) is 0 Å². The van der Waals surface area contributed by atoms with E-state index in [9.17, 15) is 4.79 Å². The predicted octanol–water partition coefficient (Wildman–Crippen LogP) is 5.06. The zero-order valence-electron chi connectivity index (χ0n) is 13.8. The monoisotopic (exact) mass is 329 g/mol. The number of nitrogens with one attached hydrogen (secondary N) is 1. The van der Waals surface area contributed by atoms with Crippen LogP contribution in [0.3, 0.4) is 0 Å². The fourth-order valence-electron chi connectivity index (χ4n) is 2.53. The lowest BCUT2D eigenvalue weighted by Crippen LogP contribution is -2.07. The van der Waals surface area contributed by atoms with Crippen LogP contribution in [0, 0.1) is 0 Å². The van der Waals surface area contributed by atoms with Crippen LogP contribution in [0.5, 0.6) is 5.75 Å². The van der Waals surface area contributed by atoms with Crippen molar-refractivity contribution < 1.29 is 9.53 Å². The van der Waals surface area contributed by atoms with Crippen molar-refractivity contribution in [3.8, 4) is 5.75 Å². The number of fused-ring (bicyclic) bond motifs is 1. The molecule has 124 valence electrons. The van der Waals surface area contributed by atoms with Crippen LogP contribution < -0.4 is 10.1 Å². The molecule has 0 atom stereocenters. The molecule has 0 radical (unpaired) electrons. The number of ether oxygens (including phenoxy) is 1. The third-order valence-electron chi connectivity index (χ3n) is 3.73. The van der Waals surface area contributed by atoms with Gasteiger partial charge < -0.3 is 10.1 Å². The highest BCUT2D eigenvalue weighted by atomic mass is 16.5. The van der Waals surface area contributed by atoms with Gasteiger partial charge in [0.2, 0.25) is 5.91 Å². The second-order valence-electron chi connectivity index (χ2n) is 5.52. The van der Waals surface area contributed by atoms with Crippen molar-refractivity contribution in [3.05, 3.63) is 91.0 Å². The Hall–Kier alpha value is -3.33. The van der Waals surface area contributed by atoms with E-state index >= 15 is 0 Å². The lowest BCUT2D eigenvalue weighted by molar-refractivity contribution is -0.111. The Bertz CT molecular complexity index is 905. The third kappa shape index (κ3) is 4.36. The molecule has 3 nitrogen and oxygen atoms in total. The van der Waals surface area contributed by atoms with E-state index in [4.69, 9.17) is 4.74 Å². The molecule has 3 aromatic rings. The number of rotatable bonds is 6. The summed E-state index contributed by atoms with van der Waals surface area (Å²) >= 11 is 0. The van der Waals surface area contributed by atoms with Gasteiger partial charge in [0, 0.05) is 11.8 Å². The quantitative estimate of drug-likeness (QED) is 0.507. The molecule has 0 unspecified atom stereocenters. The largest absolute Gasteiger partial charge is 0.490 e. The summed E-state index contributed by atoms with van der Waals surface area (Å²) in [6, 6.07) is 21.4. The average molecular weight is 329 g/mol. The van der Waals surface area contributed by atoms with E-state index in [0.29, 0.717) is 6.61 Å². The van der Waals surface area contributed by atoms with Crippen LogP contribution in [0.4, 0.5) is 5.69 Å². The maximum absolute atomic E-state index is 12.1. The van der Waals surface area contributed by atoms with Crippen LogP contribution in [-0.2, 0) is 4.79 Å². The first-order chi connectivity index (χ1) is 12.3. The predicted molar refractivity (Wildman–Crippen MR) is 104 cm³/mol. The van der Waals surface area contributed by atoms with E-state index in [1.807, 2.05) is 54.6 Å². The molecule has 0 aliphatic heterocycles. The van der Waals surface area contributed by atoms with Crippen LogP contribution in [0.1, 0.15) is 5.56 Å². The summed E-state index contributed by atoms with van der Waals surface area (Å²) in [5, 5.41) is 5.12. The second-order valence-corrected chi connectivity index (χ2v) is 5.52. The smallest absolute Gasteiger partial charge is 0.248 e. The van der Waals surface area contributed by atoms with Crippen LogP contribution in [-0.4, -0.2) is 12.5 Å². The molecule has 3 heteroatoms. The average Bonchev–Trinajstić information content (AvgIpc) is 2.66. The van der Waals surface area contributed by atoms with Crippen molar-refractivity contribution in [2.24, 2.45) is 0 Å². The Labute approximate surface area is 147 Å². The van der Waals surface area contributed by atoms with E-state index in [-0.39, 0.29) is 5.91 Å². The molecule has 0 fully saturated rings. The van der Waals surface area contributed by atoms with Gasteiger partial charge in [-0.2, -0.15) is 0 Å². The molecule has 0 aliphatic rings. The molecular weight excluding hydrogens is 310 g/mol. The van der Waals surface area contributed by atoms with E-state index in [1.54, 1.807) is 12.2 Å². The molecule has 0 aromatic heterocycles. The van der Waals surface area contributed by atoms with Crippen molar-refractivity contribution in [1.29, 1.82) is 0 Å². The van der Waals surface area contributed by atoms with Crippen LogP contribution >= 0.6 is 0 Å². The number of hydrogen-bond acceptors (Lipinski definition) is 2. The van der Waals surface area contributed by atoms with Gasteiger partial charge in [-0.3, -0.25) is 4.79 Å². The van der Waals surface area contributed by atoms with E-state index in [2.05, 4.69) is 30.1 Å². The topological polar surface area (TPSA) is 38.3 Å². The summed E-state index contributed by atoms with van der Waals surface area (Å²) < 4.78 is 5.42. The number of amides is 1. The molecule has 25 heavy (non-hydrogen) atoms. The van der Waals surface area contributed by atoms with Gasteiger partial charge in [0.15, 0.2) is 0 Å². The Balaban J connectivity index is 1.67. The second kappa shape index (κ2) is 7.97. The van der Waals surface area contributed by atoms with Gasteiger partial charge in [0.05, 0.1) is 0 Å². The van der Waals surface area contributed by atoms with Gasteiger partial charge in [0.1, 0.15) is 12.4 Å². The maximum atomic E-state index is 12.1. The fourth-order valence-corrected chi connectivity index (χ4v) is 2.53. The SMILES string of the molecule is C=CCOc1ccc(NC(=O)/C=C/c2cccc3ccccc23)cc1. The minimum Gasteiger partial charge on any atom is -0.490 e. The third-order valence-corrected chi connectivity index (χ3v) is 3.73. The molecule has 0 spiro atoms. The summed E-state index contributed by atoms with van der Waals surface area (Å²) in [4.78, 5) is 12.1. The highest BCUT2D eigenvalue weighted by molar-refractivity contribution is 6.03. The lowest BCUT2D eigenvalue weighted by atomic mass is 10.0. The van der Waals surface area contributed by atoms with Gasteiger partial charge in [-0.15, -0.1) is 0 Å². The summed E-state index contributed by atoms with van der Waals surface area (Å²) in [6.45, 7) is 4.07. The van der Waals surface area contributed by atoms with Gasteiger partial charge >= 0.3 is 0 Å². The molecule has 1 N–H and O–H groups in total. The number of hydrogen-bond donors (Lipinski definition) is 1. The van der Waals surface area contributed by atoms with Crippen molar-refractivity contribution in [3.63, 3.8) is 0 Å². The van der Waals surface area contributed by atoms with E-state index in [0.717, 1.165) is 27.8 Å².